The maximum Gasteiger partial charge on any atom is 0.472 e. The van der Waals surface area contributed by atoms with E-state index in [0.717, 1.165) is 0 Å². The number of hydrogen-bond donors (Lipinski definition) is 8. The third kappa shape index (κ3) is 542. The first-order valence-corrected chi connectivity index (χ1v) is 2.88. The van der Waals surface area contributed by atoms with Gasteiger partial charge >= 0.3 is 15.3 Å². The van der Waals surface area contributed by atoms with Crippen LogP contribution in [0.2, 0.25) is 0 Å². The number of nitrogens with zero attached hydrogens (tertiary/aromatic N) is 5. The molecule has 0 unspecified atom stereocenters. The molecule has 0 aromatic heterocycles. The van der Waals surface area contributed by atoms with Crippen LogP contribution in [0.3, 0.4) is 0 Å². The Labute approximate surface area is 140 Å². The molecule has 20 nitrogen and oxygen atoms in total. The van der Waals surface area contributed by atoms with Crippen LogP contribution in [0.5, 0.6) is 0 Å². The van der Waals surface area contributed by atoms with Gasteiger partial charge in [0.1, 0.15) is 14.7 Å². The average Bonchev–Trinajstić information content (AvgIpc) is 1.94. The van der Waals surface area contributed by atoms with E-state index in [-0.39, 0.29) is 38.2 Å². The van der Waals surface area contributed by atoms with E-state index < -0.39 is 25.4 Å². The standard InChI is InChI=1S/Dy.3H2NO3.2HNO3/c;5*2-1(3)4/h;3*(H2,2,3,4);2*(H,2,3,4)/q;3*+1;;. The van der Waals surface area contributed by atoms with E-state index in [4.69, 9.17) is 76.6 Å². The van der Waals surface area contributed by atoms with Gasteiger partial charge < -0.3 is 10.4 Å². The monoisotopic (exact) mass is 482 g/mol. The summed E-state index contributed by atoms with van der Waals surface area (Å²) in [7, 11) is 0. The number of rotatable bonds is 0. The van der Waals surface area contributed by atoms with E-state index in [1.807, 2.05) is 0 Å². The van der Waals surface area contributed by atoms with Gasteiger partial charge in [-0.1, -0.05) is 0 Å². The SMILES string of the molecule is O=[N+](O)O.O=[N+](O)O.O=[N+](O)O.O=[N+]([O-])O.O=[N+]([O-])O.[Dy]. The minimum absolute atomic E-state index is 0. The van der Waals surface area contributed by atoms with Crippen molar-refractivity contribution in [3.05, 3.63) is 34.9 Å². The minimum atomic E-state index is -1.50. The van der Waals surface area contributed by atoms with E-state index in [1.54, 1.807) is 0 Å². The van der Waals surface area contributed by atoms with E-state index in [0.29, 0.717) is 0 Å². The summed E-state index contributed by atoms with van der Waals surface area (Å²) < 4.78 is 0. The second-order valence-electron chi connectivity index (χ2n) is 1.23. The van der Waals surface area contributed by atoms with Crippen LogP contribution in [0.15, 0.2) is 0 Å². The molecule has 8 N–H and O–H groups in total. The van der Waals surface area contributed by atoms with Crippen molar-refractivity contribution < 1.29 is 105 Å². The van der Waals surface area contributed by atoms with E-state index in [9.17, 15) is 0 Å². The van der Waals surface area contributed by atoms with Gasteiger partial charge in [0.2, 0.25) is 0 Å². The fourth-order valence-corrected chi connectivity index (χ4v) is 0. The summed E-state index contributed by atoms with van der Waals surface area (Å²) in [6, 6.07) is 0. The van der Waals surface area contributed by atoms with Crippen molar-refractivity contribution >= 4 is 0 Å². The van der Waals surface area contributed by atoms with Gasteiger partial charge in [0.15, 0.2) is 0 Å². The first-order chi connectivity index (χ1) is 8.66. The van der Waals surface area contributed by atoms with Crippen molar-refractivity contribution in [3.8, 4) is 0 Å². The van der Waals surface area contributed by atoms with Crippen LogP contribution in [0.25, 0.3) is 0 Å². The minimum Gasteiger partial charge on any atom is -0.328 e. The maximum absolute atomic E-state index is 8.47. The maximum atomic E-state index is 8.47. The van der Waals surface area contributed by atoms with Crippen molar-refractivity contribution in [1.82, 2.24) is 0 Å². The van der Waals surface area contributed by atoms with Crippen LogP contribution >= 0.6 is 0 Å². The second kappa shape index (κ2) is 30.4. The first-order valence-electron chi connectivity index (χ1n) is 2.88. The molecule has 21 heteroatoms. The Morgan fingerprint density at radius 3 is 0.476 bits per heavy atom. The van der Waals surface area contributed by atoms with Crippen molar-refractivity contribution in [2.75, 3.05) is 0 Å². The summed E-state index contributed by atoms with van der Waals surface area (Å²) in [5, 5.41) is 64.9. The summed E-state index contributed by atoms with van der Waals surface area (Å²) >= 11 is 0. The zero-order chi connectivity index (χ0) is 17.9. The van der Waals surface area contributed by atoms with Crippen molar-refractivity contribution in [1.29, 1.82) is 0 Å². The molecule has 0 aromatic rings. The Hall–Kier alpha value is -2.73. The molecule has 0 atom stereocenters. The predicted octanol–water partition coefficient (Wildman–Crippen LogP) is -2.06. The molecule has 0 saturated carbocycles. The third-order valence-corrected chi connectivity index (χ3v) is 0. The van der Waals surface area contributed by atoms with Crippen LogP contribution in [-0.4, -0.2) is 67.1 Å². The normalized spacial score (nSPS) is 5.71. The van der Waals surface area contributed by atoms with Crippen LogP contribution in [0.4, 0.5) is 0 Å². The molecular formula is H8DyN5O15+3. The zero-order valence-corrected chi connectivity index (χ0v) is 11.0. The molecule has 0 aliphatic heterocycles. The molecule has 0 saturated heterocycles. The van der Waals surface area contributed by atoms with Gasteiger partial charge in [-0.25, -0.2) is 31.2 Å². The van der Waals surface area contributed by atoms with Crippen LogP contribution in [-0.2, 0) is 0 Å². The molecular weight excluding hydrogens is 473 g/mol. The molecule has 130 valence electrons. The fraction of sp³-hybridized carbons (Fsp3) is 0. The second-order valence-corrected chi connectivity index (χ2v) is 1.23. The molecule has 21 heavy (non-hydrogen) atoms. The summed E-state index contributed by atoms with van der Waals surface area (Å²) in [5.74, 6) is 0. The van der Waals surface area contributed by atoms with Gasteiger partial charge in [-0.2, -0.15) is 0 Å². The molecule has 0 aliphatic carbocycles. The van der Waals surface area contributed by atoms with Gasteiger partial charge in [-0.15, -0.1) is 20.2 Å². The fourth-order valence-electron chi connectivity index (χ4n) is 0. The Morgan fingerprint density at radius 1 is 0.476 bits per heavy atom. The summed E-state index contributed by atoms with van der Waals surface area (Å²) in [6.45, 7) is 0. The van der Waals surface area contributed by atoms with Gasteiger partial charge in [0.05, 0.1) is 0 Å². The molecule has 0 fully saturated rings. The third-order valence-electron chi connectivity index (χ3n) is 0. The smallest absolute Gasteiger partial charge is 0.328 e. The predicted molar refractivity (Wildman–Crippen MR) is 39.2 cm³/mol. The van der Waals surface area contributed by atoms with Gasteiger partial charge in [0, 0.05) is 38.2 Å². The van der Waals surface area contributed by atoms with E-state index in [2.05, 4.69) is 0 Å². The van der Waals surface area contributed by atoms with Crippen LogP contribution < -0.4 is 0 Å². The largest absolute Gasteiger partial charge is 0.472 e. The Morgan fingerprint density at radius 2 is 0.476 bits per heavy atom. The van der Waals surface area contributed by atoms with Gasteiger partial charge in [-0.3, -0.25) is 0 Å². The van der Waals surface area contributed by atoms with E-state index in [1.165, 1.54) is 0 Å². The summed E-state index contributed by atoms with van der Waals surface area (Å²) in [6.07, 6.45) is 0. The summed E-state index contributed by atoms with van der Waals surface area (Å²) in [4.78, 5) is 42.1. The Bertz CT molecular complexity index is 207. The van der Waals surface area contributed by atoms with Crippen LogP contribution in [0.1, 0.15) is 0 Å². The van der Waals surface area contributed by atoms with Crippen molar-refractivity contribution in [3.63, 3.8) is 0 Å². The first kappa shape index (κ1) is 36.2. The van der Waals surface area contributed by atoms with Crippen molar-refractivity contribution in [2.45, 2.75) is 0 Å². The van der Waals surface area contributed by atoms with Crippen molar-refractivity contribution in [2.24, 2.45) is 0 Å². The molecule has 0 radical (unpaired) electrons. The molecule has 0 bridgehead atoms. The van der Waals surface area contributed by atoms with Gasteiger partial charge in [-0.05, 0) is 0 Å². The van der Waals surface area contributed by atoms with Gasteiger partial charge in [0.25, 0.3) is 10.2 Å². The summed E-state index contributed by atoms with van der Waals surface area (Å²) in [5.41, 5.74) is 0. The molecule has 0 spiro atoms. The Kier molecular flexibility index (Phi) is 52.3. The molecule has 0 heterocycles. The molecule has 0 amide bonds. The number of hydrogen-bond acceptors (Lipinski definition) is 7. The quantitative estimate of drug-likeness (QED) is 0.136. The topological polar surface area (TPSA) is 308 Å². The molecule has 0 aromatic carbocycles. The van der Waals surface area contributed by atoms with Crippen LogP contribution in [0, 0.1) is 73.1 Å². The molecule has 0 aliphatic rings. The molecule has 0 rings (SSSR count). The average molecular weight is 481 g/mol. The van der Waals surface area contributed by atoms with E-state index >= 15 is 0 Å². The zero-order valence-electron chi connectivity index (χ0n) is 8.99. The Balaban J connectivity index is -0.0000000331.